The summed E-state index contributed by atoms with van der Waals surface area (Å²) in [6, 6.07) is 22.6. The summed E-state index contributed by atoms with van der Waals surface area (Å²) in [5.74, 6) is 0.822. The molecule has 2 N–H and O–H groups in total. The fourth-order valence-electron chi connectivity index (χ4n) is 3.19. The lowest BCUT2D eigenvalue weighted by Crippen LogP contribution is -2.25. The van der Waals surface area contributed by atoms with Crippen LogP contribution >= 0.6 is 11.8 Å². The molecule has 34 heavy (non-hydrogen) atoms. The minimum atomic E-state index is -4.03. The van der Waals surface area contributed by atoms with E-state index in [4.69, 9.17) is 10.7 Å². The number of benzene rings is 3. The number of nitrogens with two attached hydrogens (primary N) is 1. The first-order chi connectivity index (χ1) is 16.2. The maximum absolute atomic E-state index is 11.9. The average Bonchev–Trinajstić information content (AvgIpc) is 2.80. The summed E-state index contributed by atoms with van der Waals surface area (Å²) < 4.78 is 49.7. The van der Waals surface area contributed by atoms with Crippen LogP contribution in [0.5, 0.6) is 0 Å². The highest BCUT2D eigenvalue weighted by atomic mass is 32.2. The van der Waals surface area contributed by atoms with Gasteiger partial charge in [-0.2, -0.15) is 0 Å². The third kappa shape index (κ3) is 7.59. The summed E-state index contributed by atoms with van der Waals surface area (Å²) in [6.07, 6.45) is 0. The number of thioether (sulfide) groups is 1. The maximum atomic E-state index is 11.9. The highest BCUT2D eigenvalue weighted by molar-refractivity contribution is 7.99. The van der Waals surface area contributed by atoms with Crippen LogP contribution in [-0.4, -0.2) is 34.0 Å². The standard InChI is InChI=1S/C22H23N5O4S3/c23-25-26-34(30,31)22-12-8-19(9-13-22)17-27(14-15-32-20-4-2-1-3-5-20)16-18-6-10-21(11-7-18)33(24,28)29/h1-13H,14-17H2,(H2,24,28,29). The van der Waals surface area contributed by atoms with E-state index in [0.717, 1.165) is 28.3 Å². The van der Waals surface area contributed by atoms with E-state index in [1.807, 2.05) is 30.3 Å². The molecule has 12 heteroatoms. The van der Waals surface area contributed by atoms with Crippen molar-refractivity contribution >= 4 is 31.8 Å². The van der Waals surface area contributed by atoms with Gasteiger partial charge in [0.2, 0.25) is 10.0 Å². The molecular weight excluding hydrogens is 494 g/mol. The van der Waals surface area contributed by atoms with Crippen LogP contribution in [0.15, 0.2) is 98.1 Å². The molecule has 0 unspecified atom stereocenters. The van der Waals surface area contributed by atoms with Crippen molar-refractivity contribution in [2.75, 3.05) is 12.3 Å². The van der Waals surface area contributed by atoms with Gasteiger partial charge < -0.3 is 0 Å². The Balaban J connectivity index is 1.74. The molecule has 0 saturated carbocycles. The lowest BCUT2D eigenvalue weighted by Gasteiger charge is -2.23. The molecule has 0 heterocycles. The number of hydrogen-bond acceptors (Lipinski definition) is 6. The third-order valence-electron chi connectivity index (χ3n) is 4.85. The van der Waals surface area contributed by atoms with Gasteiger partial charge in [-0.15, -0.1) is 11.8 Å². The molecule has 0 bridgehead atoms. The van der Waals surface area contributed by atoms with Gasteiger partial charge in [0.15, 0.2) is 0 Å². The van der Waals surface area contributed by atoms with Crippen LogP contribution in [0.1, 0.15) is 11.1 Å². The summed E-state index contributed by atoms with van der Waals surface area (Å²) in [5, 5.41) is 5.18. The van der Waals surface area contributed by atoms with Crippen molar-refractivity contribution in [1.82, 2.24) is 4.90 Å². The Hall–Kier alpha value is -2.86. The molecular formula is C22H23N5O4S3. The Morgan fingerprint density at radius 3 is 1.85 bits per heavy atom. The first-order valence-electron chi connectivity index (χ1n) is 10.1. The van der Waals surface area contributed by atoms with E-state index in [2.05, 4.69) is 14.3 Å². The van der Waals surface area contributed by atoms with E-state index in [1.54, 1.807) is 36.0 Å². The predicted molar refractivity (Wildman–Crippen MR) is 132 cm³/mol. The van der Waals surface area contributed by atoms with Crippen LogP contribution in [-0.2, 0) is 33.1 Å². The minimum Gasteiger partial charge on any atom is -0.294 e. The Kier molecular flexibility index (Phi) is 8.72. The van der Waals surface area contributed by atoms with Gasteiger partial charge in [0.25, 0.3) is 10.0 Å². The van der Waals surface area contributed by atoms with Gasteiger partial charge in [-0.3, -0.25) is 4.90 Å². The number of primary sulfonamides is 1. The highest BCUT2D eigenvalue weighted by Gasteiger charge is 2.14. The molecule has 0 aliphatic heterocycles. The third-order valence-corrected chi connectivity index (χ3v) is 7.93. The number of hydrogen-bond donors (Lipinski definition) is 1. The van der Waals surface area contributed by atoms with E-state index < -0.39 is 20.0 Å². The predicted octanol–water partition coefficient (Wildman–Crippen LogP) is 4.13. The van der Waals surface area contributed by atoms with Crippen molar-refractivity contribution in [2.24, 2.45) is 9.66 Å². The summed E-state index contributed by atoms with van der Waals surface area (Å²) in [6.45, 7) is 1.82. The van der Waals surface area contributed by atoms with Crippen LogP contribution in [0.25, 0.3) is 10.4 Å². The molecule has 3 aromatic carbocycles. The molecule has 0 atom stereocenters. The van der Waals surface area contributed by atoms with Gasteiger partial charge in [0.1, 0.15) is 0 Å². The molecule has 0 amide bonds. The first-order valence-corrected chi connectivity index (χ1v) is 14.1. The number of nitrogens with zero attached hydrogens (tertiary/aromatic N) is 4. The Bertz CT molecular complexity index is 1360. The largest absolute Gasteiger partial charge is 0.294 e. The highest BCUT2D eigenvalue weighted by Crippen LogP contribution is 2.20. The second kappa shape index (κ2) is 11.5. The lowest BCUT2D eigenvalue weighted by atomic mass is 10.1. The first kappa shape index (κ1) is 25.8. The van der Waals surface area contributed by atoms with Gasteiger partial charge in [0, 0.05) is 39.7 Å². The molecule has 3 aromatic rings. The zero-order chi connectivity index (χ0) is 24.6. The molecule has 3 rings (SSSR count). The normalized spacial score (nSPS) is 11.8. The summed E-state index contributed by atoms with van der Waals surface area (Å²) >= 11 is 1.72. The fourth-order valence-corrected chi connectivity index (χ4v) is 5.31. The van der Waals surface area contributed by atoms with Crippen molar-refractivity contribution in [1.29, 1.82) is 0 Å². The van der Waals surface area contributed by atoms with Gasteiger partial charge >= 0.3 is 0 Å². The fraction of sp³-hybridized carbons (Fsp3) is 0.182. The molecule has 0 radical (unpaired) electrons. The SMILES string of the molecule is [N-]=[N+]=NS(=O)(=O)c1ccc(CN(CCSc2ccccc2)Cc2ccc(S(N)(=O)=O)cc2)cc1. The molecule has 0 aliphatic rings. The Morgan fingerprint density at radius 2 is 1.35 bits per heavy atom. The van der Waals surface area contributed by atoms with E-state index >= 15 is 0 Å². The molecule has 0 aliphatic carbocycles. The second-order valence-electron chi connectivity index (χ2n) is 7.35. The lowest BCUT2D eigenvalue weighted by molar-refractivity contribution is 0.274. The monoisotopic (exact) mass is 517 g/mol. The van der Waals surface area contributed by atoms with Crippen molar-refractivity contribution in [3.8, 4) is 0 Å². The van der Waals surface area contributed by atoms with Gasteiger partial charge in [-0.25, -0.2) is 22.0 Å². The van der Waals surface area contributed by atoms with Gasteiger partial charge in [-0.05, 0) is 53.1 Å². The molecule has 0 saturated heterocycles. The Labute approximate surface area is 203 Å². The Morgan fingerprint density at radius 1 is 0.824 bits per heavy atom. The second-order valence-corrected chi connectivity index (χ2v) is 11.7. The summed E-state index contributed by atoms with van der Waals surface area (Å²) in [5.41, 5.74) is 10.2. The van der Waals surface area contributed by atoms with Crippen molar-refractivity contribution < 1.29 is 16.8 Å². The smallest absolute Gasteiger partial charge is 0.264 e. The van der Waals surface area contributed by atoms with Crippen molar-refractivity contribution in [3.05, 3.63) is 100 Å². The van der Waals surface area contributed by atoms with Crippen LogP contribution in [0, 0.1) is 0 Å². The van der Waals surface area contributed by atoms with E-state index in [9.17, 15) is 16.8 Å². The van der Waals surface area contributed by atoms with Gasteiger partial charge in [-0.1, -0.05) is 42.5 Å². The molecule has 0 aromatic heterocycles. The number of sulfonamides is 2. The summed E-state index contributed by atoms with van der Waals surface area (Å²) in [4.78, 5) is 5.69. The topological polar surface area (TPSA) is 146 Å². The number of azide groups is 1. The van der Waals surface area contributed by atoms with Crippen molar-refractivity contribution in [2.45, 2.75) is 27.8 Å². The maximum Gasteiger partial charge on any atom is 0.264 e. The van der Waals surface area contributed by atoms with Crippen LogP contribution < -0.4 is 5.14 Å². The van der Waals surface area contributed by atoms with Crippen LogP contribution in [0.4, 0.5) is 0 Å². The number of rotatable bonds is 11. The average molecular weight is 518 g/mol. The van der Waals surface area contributed by atoms with E-state index in [1.165, 1.54) is 24.3 Å². The van der Waals surface area contributed by atoms with Gasteiger partial charge in [0.05, 0.1) is 9.79 Å². The minimum absolute atomic E-state index is 0.0549. The van der Waals surface area contributed by atoms with Crippen molar-refractivity contribution in [3.63, 3.8) is 0 Å². The van der Waals surface area contributed by atoms with Crippen LogP contribution in [0.3, 0.4) is 0 Å². The van der Waals surface area contributed by atoms with E-state index in [-0.39, 0.29) is 9.79 Å². The summed E-state index contributed by atoms with van der Waals surface area (Å²) in [7, 11) is -7.79. The zero-order valence-corrected chi connectivity index (χ0v) is 20.5. The molecule has 9 nitrogen and oxygen atoms in total. The van der Waals surface area contributed by atoms with E-state index in [0.29, 0.717) is 13.1 Å². The molecule has 0 spiro atoms. The molecule has 0 fully saturated rings. The quantitative estimate of drug-likeness (QED) is 0.175. The van der Waals surface area contributed by atoms with Crippen LogP contribution in [0.2, 0.25) is 0 Å². The zero-order valence-electron chi connectivity index (χ0n) is 18.1. The molecule has 178 valence electrons.